The molecule has 0 saturated heterocycles. The van der Waals surface area contributed by atoms with Gasteiger partial charge in [-0.1, -0.05) is 30.3 Å². The van der Waals surface area contributed by atoms with Crippen LogP contribution in [0.3, 0.4) is 0 Å². The van der Waals surface area contributed by atoms with Crippen molar-refractivity contribution in [3.05, 3.63) is 48.2 Å². The van der Waals surface area contributed by atoms with Gasteiger partial charge in [0.2, 0.25) is 10.0 Å². The number of nitrogens with one attached hydrogen (secondary N) is 3. The van der Waals surface area contributed by atoms with E-state index < -0.39 is 10.0 Å². The maximum Gasteiger partial charge on any atom is 0.215 e. The molecule has 0 aliphatic carbocycles. The third-order valence-electron chi connectivity index (χ3n) is 3.98. The molecule has 0 saturated carbocycles. The van der Waals surface area contributed by atoms with Crippen LogP contribution < -0.4 is 15.4 Å². The van der Waals surface area contributed by atoms with Crippen LogP contribution in [0.5, 0.6) is 0 Å². The second kappa shape index (κ2) is 7.78. The molecule has 3 rings (SSSR count). The molecule has 1 aliphatic heterocycles. The van der Waals surface area contributed by atoms with Crippen LogP contribution >= 0.6 is 0 Å². The second-order valence-electron chi connectivity index (χ2n) is 5.99. The number of sulfonamides is 1. The average Bonchev–Trinajstić information content (AvgIpc) is 3.02. The van der Waals surface area contributed by atoms with Gasteiger partial charge < -0.3 is 10.6 Å². The molecular formula is C16H23N5O2S. The number of benzene rings is 1. The standard InChI is InChI=1S/C16H23N5O2S/c22-24(23,13-14-4-2-1-3-5-14)20-9-8-17-10-15-11-18-16-6-7-19-21(16)12-15/h1-7,15,17-18,20H,8-13H2. The molecule has 130 valence electrons. The third kappa shape index (κ3) is 4.80. The minimum atomic E-state index is -3.29. The molecule has 3 N–H and O–H groups in total. The van der Waals surface area contributed by atoms with E-state index in [1.54, 1.807) is 6.20 Å². The quantitative estimate of drug-likeness (QED) is 0.609. The molecule has 0 fully saturated rings. The monoisotopic (exact) mass is 349 g/mol. The normalized spacial score (nSPS) is 17.2. The van der Waals surface area contributed by atoms with Gasteiger partial charge in [0.1, 0.15) is 5.82 Å². The number of anilines is 1. The summed E-state index contributed by atoms with van der Waals surface area (Å²) in [6.45, 7) is 3.60. The number of hydrogen-bond donors (Lipinski definition) is 3. The maximum atomic E-state index is 12.0. The minimum absolute atomic E-state index is 0.0163. The van der Waals surface area contributed by atoms with Gasteiger partial charge in [-0.2, -0.15) is 5.10 Å². The highest BCUT2D eigenvalue weighted by molar-refractivity contribution is 7.88. The molecule has 1 aliphatic rings. The maximum absolute atomic E-state index is 12.0. The van der Waals surface area contributed by atoms with Gasteiger partial charge in [-0.15, -0.1) is 0 Å². The van der Waals surface area contributed by atoms with Crippen molar-refractivity contribution in [2.75, 3.05) is 31.5 Å². The summed E-state index contributed by atoms with van der Waals surface area (Å²) in [6.07, 6.45) is 1.79. The summed E-state index contributed by atoms with van der Waals surface area (Å²) in [4.78, 5) is 0. The number of nitrogens with zero attached hydrogens (tertiary/aromatic N) is 2. The van der Waals surface area contributed by atoms with Crippen molar-refractivity contribution in [1.29, 1.82) is 0 Å². The molecule has 1 unspecified atom stereocenters. The molecule has 0 bridgehead atoms. The molecule has 0 spiro atoms. The fourth-order valence-corrected chi connectivity index (χ4v) is 3.92. The molecule has 0 radical (unpaired) electrons. The smallest absolute Gasteiger partial charge is 0.215 e. The predicted octanol–water partition coefficient (Wildman–Crippen LogP) is 0.634. The van der Waals surface area contributed by atoms with E-state index >= 15 is 0 Å². The first-order chi connectivity index (χ1) is 11.6. The van der Waals surface area contributed by atoms with Crippen LogP contribution in [0.1, 0.15) is 5.56 Å². The molecular weight excluding hydrogens is 326 g/mol. The van der Waals surface area contributed by atoms with Gasteiger partial charge >= 0.3 is 0 Å². The Labute approximate surface area is 142 Å². The molecule has 8 heteroatoms. The highest BCUT2D eigenvalue weighted by atomic mass is 32.2. The van der Waals surface area contributed by atoms with Crippen LogP contribution in [0.25, 0.3) is 0 Å². The Hall–Kier alpha value is -1.90. The zero-order chi connectivity index (χ0) is 16.8. The molecule has 1 aromatic carbocycles. The van der Waals surface area contributed by atoms with Gasteiger partial charge in [0.25, 0.3) is 0 Å². The van der Waals surface area contributed by atoms with E-state index in [1.165, 1.54) is 0 Å². The third-order valence-corrected chi connectivity index (χ3v) is 5.33. The van der Waals surface area contributed by atoms with Gasteiger partial charge in [-0.25, -0.2) is 17.8 Å². The topological polar surface area (TPSA) is 88.1 Å². The van der Waals surface area contributed by atoms with Crippen LogP contribution in [0.15, 0.2) is 42.6 Å². The Morgan fingerprint density at radius 1 is 1.21 bits per heavy atom. The second-order valence-corrected chi connectivity index (χ2v) is 7.80. The van der Waals surface area contributed by atoms with Gasteiger partial charge in [0.15, 0.2) is 0 Å². The lowest BCUT2D eigenvalue weighted by Crippen LogP contribution is -2.38. The lowest BCUT2D eigenvalue weighted by molar-refractivity contribution is 0.393. The average molecular weight is 349 g/mol. The number of aromatic nitrogens is 2. The van der Waals surface area contributed by atoms with Crippen LogP contribution in [0.4, 0.5) is 5.82 Å². The Bertz CT molecular complexity index is 745. The summed E-state index contributed by atoms with van der Waals surface area (Å²) in [5.41, 5.74) is 0.793. The summed E-state index contributed by atoms with van der Waals surface area (Å²) < 4.78 is 28.6. The van der Waals surface area contributed by atoms with E-state index in [0.717, 1.165) is 31.0 Å². The van der Waals surface area contributed by atoms with Crippen LogP contribution in [0, 0.1) is 5.92 Å². The zero-order valence-electron chi connectivity index (χ0n) is 13.5. The Balaban J connectivity index is 1.34. The summed E-state index contributed by atoms with van der Waals surface area (Å²) in [5.74, 6) is 1.51. The summed E-state index contributed by atoms with van der Waals surface area (Å²) in [6, 6.07) is 11.2. The van der Waals surface area contributed by atoms with Gasteiger partial charge in [-0.05, 0) is 5.56 Å². The van der Waals surface area contributed by atoms with Gasteiger partial charge in [0.05, 0.1) is 11.9 Å². The minimum Gasteiger partial charge on any atom is -0.370 e. The van der Waals surface area contributed by atoms with Crippen molar-refractivity contribution in [1.82, 2.24) is 19.8 Å². The first kappa shape index (κ1) is 16.9. The SMILES string of the molecule is O=S(=O)(Cc1ccccc1)NCCNCC1CNc2ccnn2C1. The molecule has 2 aromatic rings. The van der Waals surface area contributed by atoms with Crippen molar-refractivity contribution in [2.45, 2.75) is 12.3 Å². The van der Waals surface area contributed by atoms with Crippen LogP contribution in [-0.2, 0) is 22.3 Å². The van der Waals surface area contributed by atoms with E-state index in [4.69, 9.17) is 0 Å². The van der Waals surface area contributed by atoms with Crippen molar-refractivity contribution in [3.63, 3.8) is 0 Å². The lowest BCUT2D eigenvalue weighted by atomic mass is 10.1. The van der Waals surface area contributed by atoms with Gasteiger partial charge in [0, 0.05) is 44.7 Å². The summed E-state index contributed by atoms with van der Waals surface area (Å²) >= 11 is 0. The van der Waals surface area contributed by atoms with E-state index in [9.17, 15) is 8.42 Å². The van der Waals surface area contributed by atoms with E-state index in [1.807, 2.05) is 41.1 Å². The predicted molar refractivity (Wildman–Crippen MR) is 94.1 cm³/mol. The number of rotatable bonds is 8. The summed E-state index contributed by atoms with van der Waals surface area (Å²) in [7, 11) is -3.29. The fraction of sp³-hybridized carbons (Fsp3) is 0.438. The van der Waals surface area contributed by atoms with E-state index in [-0.39, 0.29) is 5.75 Å². The molecule has 2 heterocycles. The van der Waals surface area contributed by atoms with Gasteiger partial charge in [-0.3, -0.25) is 0 Å². The fourth-order valence-electron chi connectivity index (χ4n) is 2.77. The summed E-state index contributed by atoms with van der Waals surface area (Å²) in [5, 5.41) is 10.9. The molecule has 1 atom stereocenters. The van der Waals surface area contributed by atoms with Crippen molar-refractivity contribution < 1.29 is 8.42 Å². The first-order valence-electron chi connectivity index (χ1n) is 8.10. The van der Waals surface area contributed by atoms with Crippen LogP contribution in [-0.4, -0.2) is 44.4 Å². The molecule has 1 aromatic heterocycles. The number of fused-ring (bicyclic) bond motifs is 1. The molecule has 24 heavy (non-hydrogen) atoms. The zero-order valence-corrected chi connectivity index (χ0v) is 14.3. The first-order valence-corrected chi connectivity index (χ1v) is 9.75. The van der Waals surface area contributed by atoms with E-state index in [2.05, 4.69) is 20.5 Å². The van der Waals surface area contributed by atoms with Crippen molar-refractivity contribution in [2.24, 2.45) is 5.92 Å². The van der Waals surface area contributed by atoms with Crippen LogP contribution in [0.2, 0.25) is 0 Å². The van der Waals surface area contributed by atoms with Crippen molar-refractivity contribution in [3.8, 4) is 0 Å². The van der Waals surface area contributed by atoms with E-state index in [0.29, 0.717) is 19.0 Å². The lowest BCUT2D eigenvalue weighted by Gasteiger charge is -2.25. The Morgan fingerprint density at radius 3 is 2.88 bits per heavy atom. The molecule has 0 amide bonds. The van der Waals surface area contributed by atoms with Crippen molar-refractivity contribution >= 4 is 15.8 Å². The Morgan fingerprint density at radius 2 is 2.04 bits per heavy atom. The highest BCUT2D eigenvalue weighted by Gasteiger charge is 2.17. The number of hydrogen-bond acceptors (Lipinski definition) is 5. The largest absolute Gasteiger partial charge is 0.370 e. The Kier molecular flexibility index (Phi) is 5.49. The highest BCUT2D eigenvalue weighted by Crippen LogP contribution is 2.15. The molecule has 7 nitrogen and oxygen atoms in total.